The van der Waals surface area contributed by atoms with Crippen LogP contribution in [-0.2, 0) is 9.59 Å². The van der Waals surface area contributed by atoms with Gasteiger partial charge in [-0.2, -0.15) is 0 Å². The van der Waals surface area contributed by atoms with Crippen molar-refractivity contribution in [1.82, 2.24) is 10.2 Å². The molecule has 3 rings (SSSR count). The van der Waals surface area contributed by atoms with E-state index in [0.29, 0.717) is 5.41 Å². The zero-order valence-electron chi connectivity index (χ0n) is 9.66. The first-order valence-corrected chi connectivity index (χ1v) is 6.19. The van der Waals surface area contributed by atoms with Crippen molar-refractivity contribution in [2.24, 2.45) is 11.3 Å². The maximum atomic E-state index is 11.9. The summed E-state index contributed by atoms with van der Waals surface area (Å²) < 4.78 is 0. The molecule has 3 fully saturated rings. The number of hydrogen-bond donors (Lipinski definition) is 1. The van der Waals surface area contributed by atoms with Gasteiger partial charge in [-0.05, 0) is 43.9 Å². The fourth-order valence-corrected chi connectivity index (χ4v) is 2.94. The van der Waals surface area contributed by atoms with Gasteiger partial charge in [0.15, 0.2) is 0 Å². The first-order valence-electron chi connectivity index (χ1n) is 6.19. The smallest absolute Gasteiger partial charge is 0.245 e. The zero-order valence-corrected chi connectivity index (χ0v) is 9.66. The molecule has 2 amide bonds. The second-order valence-corrected chi connectivity index (χ2v) is 5.62. The van der Waals surface area contributed by atoms with Crippen LogP contribution in [0.4, 0.5) is 0 Å². The summed E-state index contributed by atoms with van der Waals surface area (Å²) in [5, 5.41) is 2.68. The first-order chi connectivity index (χ1) is 7.61. The minimum absolute atomic E-state index is 0.0151. The standard InChI is InChI=1S/C12H18N2O2/c1-8-11(16)14(6-10(15)13-8)7-12(4-5-12)9-2-3-9/h8-9H,2-7H2,1H3,(H,13,15). The van der Waals surface area contributed by atoms with Crippen molar-refractivity contribution in [2.45, 2.75) is 38.6 Å². The third kappa shape index (κ3) is 1.60. The third-order valence-corrected chi connectivity index (χ3v) is 4.24. The molecule has 1 heterocycles. The molecule has 1 N–H and O–H groups in total. The number of piperazine rings is 1. The van der Waals surface area contributed by atoms with Gasteiger partial charge in [-0.15, -0.1) is 0 Å². The van der Waals surface area contributed by atoms with E-state index in [9.17, 15) is 9.59 Å². The van der Waals surface area contributed by atoms with E-state index in [1.54, 1.807) is 11.8 Å². The Balaban J connectivity index is 1.69. The van der Waals surface area contributed by atoms with E-state index < -0.39 is 0 Å². The van der Waals surface area contributed by atoms with Gasteiger partial charge in [0.05, 0.1) is 6.54 Å². The van der Waals surface area contributed by atoms with Gasteiger partial charge in [-0.25, -0.2) is 0 Å². The molecule has 2 aliphatic carbocycles. The molecular weight excluding hydrogens is 204 g/mol. The highest BCUT2D eigenvalue weighted by molar-refractivity contribution is 5.94. The number of carbonyl (C=O) groups is 2. The molecule has 0 aromatic heterocycles. The van der Waals surface area contributed by atoms with E-state index in [1.807, 2.05) is 0 Å². The predicted molar refractivity (Wildman–Crippen MR) is 58.6 cm³/mol. The van der Waals surface area contributed by atoms with Gasteiger partial charge in [-0.1, -0.05) is 0 Å². The Hall–Kier alpha value is -1.06. The summed E-state index contributed by atoms with van der Waals surface area (Å²) in [7, 11) is 0. The maximum Gasteiger partial charge on any atom is 0.245 e. The number of rotatable bonds is 3. The monoisotopic (exact) mass is 222 g/mol. The van der Waals surface area contributed by atoms with Crippen LogP contribution in [0.5, 0.6) is 0 Å². The van der Waals surface area contributed by atoms with Crippen LogP contribution < -0.4 is 5.32 Å². The number of carbonyl (C=O) groups excluding carboxylic acids is 2. The SMILES string of the molecule is CC1NC(=O)CN(CC2(C3CC3)CC2)C1=O. The number of hydrogen-bond acceptors (Lipinski definition) is 2. The maximum absolute atomic E-state index is 11.9. The van der Waals surface area contributed by atoms with Crippen molar-refractivity contribution in [2.75, 3.05) is 13.1 Å². The quantitative estimate of drug-likeness (QED) is 0.757. The largest absolute Gasteiger partial charge is 0.343 e. The van der Waals surface area contributed by atoms with Gasteiger partial charge in [0.1, 0.15) is 6.04 Å². The minimum Gasteiger partial charge on any atom is -0.343 e. The summed E-state index contributed by atoms with van der Waals surface area (Å²) in [5.41, 5.74) is 0.396. The van der Waals surface area contributed by atoms with Gasteiger partial charge in [-0.3, -0.25) is 9.59 Å². The highest BCUT2D eigenvalue weighted by atomic mass is 16.2. The molecule has 16 heavy (non-hydrogen) atoms. The summed E-state index contributed by atoms with van der Waals surface area (Å²) in [6.45, 7) is 2.84. The van der Waals surface area contributed by atoms with E-state index >= 15 is 0 Å². The zero-order chi connectivity index (χ0) is 11.3. The third-order valence-electron chi connectivity index (χ3n) is 4.24. The molecule has 0 aromatic carbocycles. The summed E-state index contributed by atoms with van der Waals surface area (Å²) >= 11 is 0. The van der Waals surface area contributed by atoms with E-state index in [0.717, 1.165) is 12.5 Å². The first kappa shape index (κ1) is 10.1. The van der Waals surface area contributed by atoms with Crippen LogP contribution in [0.25, 0.3) is 0 Å². The molecule has 0 bridgehead atoms. The summed E-state index contributed by atoms with van der Waals surface area (Å²) in [6, 6.07) is -0.337. The second-order valence-electron chi connectivity index (χ2n) is 5.62. The van der Waals surface area contributed by atoms with Crippen LogP contribution in [0.15, 0.2) is 0 Å². The van der Waals surface area contributed by atoms with Crippen LogP contribution in [0.1, 0.15) is 32.6 Å². The highest BCUT2D eigenvalue weighted by Crippen LogP contribution is 2.61. The van der Waals surface area contributed by atoms with Crippen molar-refractivity contribution in [3.8, 4) is 0 Å². The lowest BCUT2D eigenvalue weighted by atomic mass is 9.99. The Labute approximate surface area is 95.4 Å². The van der Waals surface area contributed by atoms with Gasteiger partial charge in [0.25, 0.3) is 0 Å². The fourth-order valence-electron chi connectivity index (χ4n) is 2.94. The summed E-state index contributed by atoms with van der Waals surface area (Å²) in [6.07, 6.45) is 5.14. The number of amides is 2. The molecule has 4 nitrogen and oxygen atoms in total. The molecule has 1 saturated heterocycles. The minimum atomic E-state index is -0.337. The Kier molecular flexibility index (Phi) is 2.03. The van der Waals surface area contributed by atoms with Gasteiger partial charge in [0, 0.05) is 6.54 Å². The van der Waals surface area contributed by atoms with Gasteiger partial charge < -0.3 is 10.2 Å². The average molecular weight is 222 g/mol. The Morgan fingerprint density at radius 3 is 2.62 bits per heavy atom. The van der Waals surface area contributed by atoms with Crippen LogP contribution in [0.3, 0.4) is 0 Å². The second kappa shape index (κ2) is 3.22. The molecule has 1 unspecified atom stereocenters. The van der Waals surface area contributed by atoms with Crippen molar-refractivity contribution in [1.29, 1.82) is 0 Å². The van der Waals surface area contributed by atoms with Crippen molar-refractivity contribution >= 4 is 11.8 Å². The lowest BCUT2D eigenvalue weighted by Crippen LogP contribution is -2.57. The van der Waals surface area contributed by atoms with Crippen LogP contribution >= 0.6 is 0 Å². The van der Waals surface area contributed by atoms with E-state index in [4.69, 9.17) is 0 Å². The predicted octanol–water partition coefficient (Wildman–Crippen LogP) is 0.523. The molecule has 88 valence electrons. The lowest BCUT2D eigenvalue weighted by molar-refractivity contribution is -0.144. The molecule has 4 heteroatoms. The van der Waals surface area contributed by atoms with Gasteiger partial charge >= 0.3 is 0 Å². The van der Waals surface area contributed by atoms with Crippen molar-refractivity contribution in [3.05, 3.63) is 0 Å². The molecule has 3 aliphatic rings. The lowest BCUT2D eigenvalue weighted by Gasteiger charge is -2.33. The van der Waals surface area contributed by atoms with Crippen LogP contribution in [0, 0.1) is 11.3 Å². The number of nitrogens with zero attached hydrogens (tertiary/aromatic N) is 1. The Morgan fingerprint density at radius 1 is 1.38 bits per heavy atom. The van der Waals surface area contributed by atoms with E-state index in [2.05, 4.69) is 5.32 Å². The van der Waals surface area contributed by atoms with Crippen molar-refractivity contribution in [3.63, 3.8) is 0 Å². The van der Waals surface area contributed by atoms with E-state index in [1.165, 1.54) is 25.7 Å². The average Bonchev–Trinajstić information content (AvgIpc) is 3.05. The number of nitrogens with one attached hydrogen (secondary N) is 1. The molecule has 1 atom stereocenters. The van der Waals surface area contributed by atoms with Gasteiger partial charge in [0.2, 0.25) is 11.8 Å². The van der Waals surface area contributed by atoms with Crippen molar-refractivity contribution < 1.29 is 9.59 Å². The van der Waals surface area contributed by atoms with Crippen LogP contribution in [0.2, 0.25) is 0 Å². The topological polar surface area (TPSA) is 49.4 Å². The molecule has 2 saturated carbocycles. The van der Waals surface area contributed by atoms with E-state index in [-0.39, 0.29) is 24.4 Å². The molecular formula is C12H18N2O2. The normalized spacial score (nSPS) is 32.6. The summed E-state index contributed by atoms with van der Waals surface area (Å²) in [5.74, 6) is 0.908. The Morgan fingerprint density at radius 2 is 2.06 bits per heavy atom. The molecule has 0 radical (unpaired) electrons. The Bertz CT molecular complexity index is 345. The highest BCUT2D eigenvalue weighted by Gasteiger charge is 2.55. The van der Waals surface area contributed by atoms with Crippen LogP contribution in [-0.4, -0.2) is 35.8 Å². The fraction of sp³-hybridized carbons (Fsp3) is 0.833. The molecule has 0 aromatic rings. The molecule has 0 spiro atoms. The molecule has 1 aliphatic heterocycles. The summed E-state index contributed by atoms with van der Waals surface area (Å²) in [4.78, 5) is 25.1.